The van der Waals surface area contributed by atoms with Gasteiger partial charge in [-0.2, -0.15) is 0 Å². The highest BCUT2D eigenvalue weighted by molar-refractivity contribution is 7.26. The fourth-order valence-corrected chi connectivity index (χ4v) is 7.50. The van der Waals surface area contributed by atoms with Crippen LogP contribution >= 0.6 is 22.7 Å². The first kappa shape index (κ1) is 17.1. The van der Waals surface area contributed by atoms with Crippen molar-refractivity contribution in [1.82, 2.24) is 0 Å². The van der Waals surface area contributed by atoms with Crippen LogP contribution in [-0.4, -0.2) is 0 Å². The van der Waals surface area contributed by atoms with Gasteiger partial charge in [-0.05, 0) is 80.8 Å². The summed E-state index contributed by atoms with van der Waals surface area (Å²) in [7, 11) is 0. The van der Waals surface area contributed by atoms with E-state index in [4.69, 9.17) is 0 Å². The van der Waals surface area contributed by atoms with Crippen LogP contribution in [0.15, 0.2) is 97.1 Å². The van der Waals surface area contributed by atoms with Crippen LogP contribution in [-0.2, 0) is 0 Å². The minimum atomic E-state index is 1.31. The summed E-state index contributed by atoms with van der Waals surface area (Å²) in [6, 6.07) is 36.3. The van der Waals surface area contributed by atoms with E-state index in [1.54, 1.807) is 0 Å². The molecule has 148 valence electrons. The molecule has 0 bridgehead atoms. The number of fused-ring (bicyclic) bond motifs is 9. The first-order valence-corrected chi connectivity index (χ1v) is 12.5. The van der Waals surface area contributed by atoms with Gasteiger partial charge in [-0.3, -0.25) is 0 Å². The molecule has 0 nitrogen and oxygen atoms in total. The summed E-state index contributed by atoms with van der Waals surface area (Å²) >= 11 is 3.81. The van der Waals surface area contributed by atoms with Gasteiger partial charge in [0.15, 0.2) is 0 Å². The molecule has 32 heavy (non-hydrogen) atoms. The average molecular weight is 441 g/mol. The summed E-state index contributed by atoms with van der Waals surface area (Å²) in [6.45, 7) is 0. The third kappa shape index (κ3) is 2.31. The predicted octanol–water partition coefficient (Wildman–Crippen LogP) is 9.88. The van der Waals surface area contributed by atoms with E-state index in [0.29, 0.717) is 0 Å². The molecule has 0 unspecified atom stereocenters. The second-order valence-corrected chi connectivity index (χ2v) is 10.8. The van der Waals surface area contributed by atoms with Crippen LogP contribution in [0.3, 0.4) is 0 Å². The molecule has 2 aromatic heterocycles. The summed E-state index contributed by atoms with van der Waals surface area (Å²) in [5.41, 5.74) is 0. The average Bonchev–Trinajstić information content (AvgIpc) is 3.34. The second-order valence-electron chi connectivity index (χ2n) is 8.64. The Morgan fingerprint density at radius 1 is 0.312 bits per heavy atom. The smallest absolute Gasteiger partial charge is 0.0361 e. The van der Waals surface area contributed by atoms with E-state index in [0.717, 1.165) is 0 Å². The van der Waals surface area contributed by atoms with Crippen LogP contribution in [0, 0.1) is 0 Å². The van der Waals surface area contributed by atoms with Crippen LogP contribution in [0.5, 0.6) is 0 Å². The van der Waals surface area contributed by atoms with Gasteiger partial charge in [0, 0.05) is 40.3 Å². The molecular weight excluding hydrogens is 424 g/mol. The Kier molecular flexibility index (Phi) is 3.25. The number of benzene rings is 6. The molecule has 0 N–H and O–H groups in total. The standard InChI is InChI=1S/C30H16S2/c1-3-7-19-13-27-23(9-17(19)5-1)25-11-21-16-30-26(12-22(21)15-29(25)31-27)24-10-18-6-2-4-8-20(18)14-28(24)32-30/h1-16H. The van der Waals surface area contributed by atoms with E-state index in [9.17, 15) is 0 Å². The lowest BCUT2D eigenvalue weighted by atomic mass is 10.0. The maximum atomic E-state index is 2.40. The Morgan fingerprint density at radius 3 is 0.969 bits per heavy atom. The molecule has 0 aliphatic carbocycles. The van der Waals surface area contributed by atoms with Gasteiger partial charge in [0.2, 0.25) is 0 Å². The summed E-state index contributed by atoms with van der Waals surface area (Å²) in [6.07, 6.45) is 0. The summed E-state index contributed by atoms with van der Waals surface area (Å²) in [5, 5.41) is 13.4. The Hall–Kier alpha value is -3.46. The van der Waals surface area contributed by atoms with E-state index in [-0.39, 0.29) is 0 Å². The van der Waals surface area contributed by atoms with Crippen molar-refractivity contribution in [2.24, 2.45) is 0 Å². The Morgan fingerprint density at radius 2 is 0.594 bits per heavy atom. The first-order valence-electron chi connectivity index (χ1n) is 10.8. The van der Waals surface area contributed by atoms with Crippen molar-refractivity contribution in [3.63, 3.8) is 0 Å². The lowest BCUT2D eigenvalue weighted by Crippen LogP contribution is -1.75. The largest absolute Gasteiger partial charge is 0.135 e. The molecule has 0 aliphatic rings. The highest BCUT2D eigenvalue weighted by Gasteiger charge is 2.12. The molecule has 0 atom stereocenters. The highest BCUT2D eigenvalue weighted by Crippen LogP contribution is 2.42. The predicted molar refractivity (Wildman–Crippen MR) is 145 cm³/mol. The van der Waals surface area contributed by atoms with Crippen molar-refractivity contribution >= 4 is 95.3 Å². The quantitative estimate of drug-likeness (QED) is 0.220. The molecule has 0 spiro atoms. The molecule has 0 saturated heterocycles. The molecule has 2 heteroatoms. The topological polar surface area (TPSA) is 0 Å². The fraction of sp³-hybridized carbons (Fsp3) is 0. The van der Waals surface area contributed by atoms with Gasteiger partial charge in [-0.15, -0.1) is 22.7 Å². The van der Waals surface area contributed by atoms with Gasteiger partial charge >= 0.3 is 0 Å². The second kappa shape index (κ2) is 6.07. The lowest BCUT2D eigenvalue weighted by Gasteiger charge is -2.02. The van der Waals surface area contributed by atoms with Gasteiger partial charge in [-0.25, -0.2) is 0 Å². The van der Waals surface area contributed by atoms with Gasteiger partial charge in [-0.1, -0.05) is 48.5 Å². The Labute approximate surface area is 191 Å². The summed E-state index contributed by atoms with van der Waals surface area (Å²) in [5.74, 6) is 0. The number of hydrogen-bond donors (Lipinski definition) is 0. The maximum Gasteiger partial charge on any atom is 0.0361 e. The van der Waals surface area contributed by atoms with Gasteiger partial charge in [0.05, 0.1) is 0 Å². The Balaban J connectivity index is 1.47. The fourth-order valence-electron chi connectivity index (χ4n) is 5.16. The molecule has 6 aromatic carbocycles. The lowest BCUT2D eigenvalue weighted by molar-refractivity contribution is 1.81. The first-order chi connectivity index (χ1) is 15.8. The third-order valence-corrected chi connectivity index (χ3v) is 8.98. The van der Waals surface area contributed by atoms with E-state index in [1.807, 2.05) is 22.7 Å². The van der Waals surface area contributed by atoms with Crippen molar-refractivity contribution < 1.29 is 0 Å². The molecule has 0 amide bonds. The monoisotopic (exact) mass is 440 g/mol. The Bertz CT molecular complexity index is 1890. The number of rotatable bonds is 0. The third-order valence-electron chi connectivity index (χ3n) is 6.75. The minimum Gasteiger partial charge on any atom is -0.135 e. The van der Waals surface area contributed by atoms with Gasteiger partial charge < -0.3 is 0 Å². The molecular formula is C30H16S2. The molecule has 0 saturated carbocycles. The SMILES string of the molecule is c1ccc2cc3c(cc2c1)sc1cc2cc4c(cc2cc13)sc1cc2ccccc2cc14. The van der Waals surface area contributed by atoms with Crippen LogP contribution in [0.2, 0.25) is 0 Å². The zero-order valence-electron chi connectivity index (χ0n) is 17.1. The van der Waals surface area contributed by atoms with E-state index in [1.165, 1.54) is 72.7 Å². The normalized spacial score (nSPS) is 12.4. The molecule has 0 fully saturated rings. The van der Waals surface area contributed by atoms with E-state index in [2.05, 4.69) is 97.1 Å². The van der Waals surface area contributed by atoms with Crippen LogP contribution in [0.1, 0.15) is 0 Å². The molecule has 2 heterocycles. The van der Waals surface area contributed by atoms with Crippen molar-refractivity contribution in [3.05, 3.63) is 97.1 Å². The highest BCUT2D eigenvalue weighted by atomic mass is 32.1. The van der Waals surface area contributed by atoms with E-state index >= 15 is 0 Å². The summed E-state index contributed by atoms with van der Waals surface area (Å²) in [4.78, 5) is 0. The van der Waals surface area contributed by atoms with Gasteiger partial charge in [0.1, 0.15) is 0 Å². The van der Waals surface area contributed by atoms with E-state index < -0.39 is 0 Å². The van der Waals surface area contributed by atoms with Crippen molar-refractivity contribution in [3.8, 4) is 0 Å². The molecule has 0 aliphatic heterocycles. The van der Waals surface area contributed by atoms with Crippen LogP contribution < -0.4 is 0 Å². The van der Waals surface area contributed by atoms with Crippen molar-refractivity contribution in [2.45, 2.75) is 0 Å². The molecule has 8 aromatic rings. The maximum absolute atomic E-state index is 2.40. The number of thiophene rings is 2. The van der Waals surface area contributed by atoms with Gasteiger partial charge in [0.25, 0.3) is 0 Å². The zero-order valence-corrected chi connectivity index (χ0v) is 18.7. The minimum absolute atomic E-state index is 1.31. The van der Waals surface area contributed by atoms with Crippen molar-refractivity contribution in [1.29, 1.82) is 0 Å². The van der Waals surface area contributed by atoms with Crippen LogP contribution in [0.4, 0.5) is 0 Å². The van der Waals surface area contributed by atoms with Crippen molar-refractivity contribution in [2.75, 3.05) is 0 Å². The zero-order chi connectivity index (χ0) is 20.8. The van der Waals surface area contributed by atoms with Crippen LogP contribution in [0.25, 0.3) is 72.7 Å². The number of hydrogen-bond acceptors (Lipinski definition) is 2. The summed E-state index contributed by atoms with van der Waals surface area (Å²) < 4.78 is 5.47. The molecule has 8 rings (SSSR count). The molecule has 0 radical (unpaired) electrons.